The van der Waals surface area contributed by atoms with Gasteiger partial charge in [0, 0.05) is 12.6 Å². The summed E-state index contributed by atoms with van der Waals surface area (Å²) in [5, 5.41) is 3.58. The van der Waals surface area contributed by atoms with Gasteiger partial charge in [-0.05, 0) is 64.1 Å². The first-order chi connectivity index (χ1) is 8.29. The average molecular weight is 238 g/mol. The largest absolute Gasteiger partial charge is 0.315 e. The lowest BCUT2D eigenvalue weighted by Gasteiger charge is -2.30. The fourth-order valence-corrected chi connectivity index (χ4v) is 3.62. The lowest BCUT2D eigenvalue weighted by molar-refractivity contribution is 0.218. The highest BCUT2D eigenvalue weighted by Gasteiger charge is 2.26. The van der Waals surface area contributed by atoms with E-state index in [-0.39, 0.29) is 0 Å². The van der Waals surface area contributed by atoms with E-state index in [1.54, 1.807) is 0 Å². The lowest BCUT2D eigenvalue weighted by atomic mass is 9.97. The SMILES string of the molecule is CNC(CN1CCCC(C)CC1)C1CCCC1. The maximum Gasteiger partial charge on any atom is 0.0220 e. The van der Waals surface area contributed by atoms with Crippen molar-refractivity contribution in [2.45, 2.75) is 57.9 Å². The minimum Gasteiger partial charge on any atom is -0.315 e. The smallest absolute Gasteiger partial charge is 0.0220 e. The number of likely N-dealkylation sites (N-methyl/N-ethyl adjacent to an activating group) is 1. The van der Waals surface area contributed by atoms with E-state index in [2.05, 4.69) is 24.2 Å². The number of nitrogens with zero attached hydrogens (tertiary/aromatic N) is 1. The van der Waals surface area contributed by atoms with Crippen LogP contribution in [0.3, 0.4) is 0 Å². The molecule has 2 heteroatoms. The van der Waals surface area contributed by atoms with Gasteiger partial charge in [0.2, 0.25) is 0 Å². The third-order valence-corrected chi connectivity index (χ3v) is 4.90. The molecule has 0 bridgehead atoms. The Bertz CT molecular complexity index is 211. The maximum atomic E-state index is 3.58. The van der Waals surface area contributed by atoms with E-state index in [0.717, 1.165) is 17.9 Å². The van der Waals surface area contributed by atoms with Crippen molar-refractivity contribution >= 4 is 0 Å². The van der Waals surface area contributed by atoms with E-state index >= 15 is 0 Å². The Morgan fingerprint density at radius 1 is 1.06 bits per heavy atom. The first-order valence-corrected chi connectivity index (χ1v) is 7.69. The van der Waals surface area contributed by atoms with Crippen LogP contribution >= 0.6 is 0 Å². The van der Waals surface area contributed by atoms with Gasteiger partial charge >= 0.3 is 0 Å². The topological polar surface area (TPSA) is 15.3 Å². The van der Waals surface area contributed by atoms with Crippen molar-refractivity contribution in [3.63, 3.8) is 0 Å². The van der Waals surface area contributed by atoms with Gasteiger partial charge in [-0.25, -0.2) is 0 Å². The molecule has 2 atom stereocenters. The number of nitrogens with one attached hydrogen (secondary N) is 1. The molecule has 1 N–H and O–H groups in total. The summed E-state index contributed by atoms with van der Waals surface area (Å²) < 4.78 is 0. The zero-order chi connectivity index (χ0) is 12.1. The molecule has 100 valence electrons. The van der Waals surface area contributed by atoms with Gasteiger partial charge in [-0.2, -0.15) is 0 Å². The molecule has 1 aliphatic heterocycles. The second-order valence-electron chi connectivity index (χ2n) is 6.28. The van der Waals surface area contributed by atoms with Crippen molar-refractivity contribution in [3.8, 4) is 0 Å². The fourth-order valence-electron chi connectivity index (χ4n) is 3.62. The highest BCUT2D eigenvalue weighted by Crippen LogP contribution is 2.28. The molecule has 17 heavy (non-hydrogen) atoms. The van der Waals surface area contributed by atoms with Crippen LogP contribution in [0.15, 0.2) is 0 Å². The molecule has 0 aromatic rings. The van der Waals surface area contributed by atoms with Gasteiger partial charge in [-0.3, -0.25) is 0 Å². The molecule has 0 amide bonds. The Balaban J connectivity index is 1.80. The van der Waals surface area contributed by atoms with Crippen LogP contribution in [-0.4, -0.2) is 37.6 Å². The van der Waals surface area contributed by atoms with Crippen molar-refractivity contribution in [1.29, 1.82) is 0 Å². The number of hydrogen-bond acceptors (Lipinski definition) is 2. The molecule has 1 aliphatic carbocycles. The van der Waals surface area contributed by atoms with E-state index in [9.17, 15) is 0 Å². The second-order valence-corrected chi connectivity index (χ2v) is 6.28. The molecule has 2 aliphatic rings. The zero-order valence-electron chi connectivity index (χ0n) is 11.8. The van der Waals surface area contributed by atoms with Gasteiger partial charge < -0.3 is 10.2 Å². The average Bonchev–Trinajstić information content (AvgIpc) is 2.78. The highest BCUT2D eigenvalue weighted by molar-refractivity contribution is 4.83. The summed E-state index contributed by atoms with van der Waals surface area (Å²) in [7, 11) is 2.16. The molecule has 0 spiro atoms. The number of likely N-dealkylation sites (tertiary alicyclic amines) is 1. The molecule has 2 rings (SSSR count). The minimum absolute atomic E-state index is 0.742. The van der Waals surface area contributed by atoms with E-state index in [1.807, 2.05) is 0 Å². The molecular formula is C15H30N2. The van der Waals surface area contributed by atoms with Crippen LogP contribution in [0.1, 0.15) is 51.9 Å². The Kier molecular flexibility index (Phi) is 5.30. The van der Waals surface area contributed by atoms with Crippen molar-refractivity contribution in [3.05, 3.63) is 0 Å². The molecule has 2 nitrogen and oxygen atoms in total. The summed E-state index contributed by atoms with van der Waals surface area (Å²) in [5.74, 6) is 1.89. The maximum absolute atomic E-state index is 3.58. The van der Waals surface area contributed by atoms with Gasteiger partial charge in [0.15, 0.2) is 0 Å². The summed E-state index contributed by atoms with van der Waals surface area (Å²) in [4.78, 5) is 2.71. The van der Waals surface area contributed by atoms with Gasteiger partial charge in [0.05, 0.1) is 0 Å². The number of hydrogen-bond donors (Lipinski definition) is 1. The molecule has 2 fully saturated rings. The summed E-state index contributed by atoms with van der Waals surface area (Å²) in [6.07, 6.45) is 10.1. The number of rotatable bonds is 4. The van der Waals surface area contributed by atoms with Crippen molar-refractivity contribution in [2.24, 2.45) is 11.8 Å². The molecule has 1 saturated carbocycles. The van der Waals surface area contributed by atoms with Crippen LogP contribution in [0, 0.1) is 11.8 Å². The lowest BCUT2D eigenvalue weighted by Crippen LogP contribution is -2.43. The Morgan fingerprint density at radius 3 is 2.53 bits per heavy atom. The van der Waals surface area contributed by atoms with Crippen molar-refractivity contribution < 1.29 is 0 Å². The van der Waals surface area contributed by atoms with Gasteiger partial charge in [0.1, 0.15) is 0 Å². The van der Waals surface area contributed by atoms with E-state index in [4.69, 9.17) is 0 Å². The molecule has 1 heterocycles. The van der Waals surface area contributed by atoms with Gasteiger partial charge in [0.25, 0.3) is 0 Å². The monoisotopic (exact) mass is 238 g/mol. The normalized spacial score (nSPS) is 30.4. The summed E-state index contributed by atoms with van der Waals surface area (Å²) in [5.41, 5.74) is 0. The predicted molar refractivity (Wildman–Crippen MR) is 74.3 cm³/mol. The fraction of sp³-hybridized carbons (Fsp3) is 1.00. The van der Waals surface area contributed by atoms with Crippen LogP contribution in [-0.2, 0) is 0 Å². The van der Waals surface area contributed by atoms with Crippen molar-refractivity contribution in [2.75, 3.05) is 26.7 Å². The summed E-state index contributed by atoms with van der Waals surface area (Å²) >= 11 is 0. The molecule has 0 radical (unpaired) electrons. The molecular weight excluding hydrogens is 208 g/mol. The quantitative estimate of drug-likeness (QED) is 0.810. The van der Waals surface area contributed by atoms with E-state index in [1.165, 1.54) is 64.6 Å². The highest BCUT2D eigenvalue weighted by atomic mass is 15.1. The van der Waals surface area contributed by atoms with Crippen LogP contribution in [0.25, 0.3) is 0 Å². The van der Waals surface area contributed by atoms with E-state index in [0.29, 0.717) is 0 Å². The van der Waals surface area contributed by atoms with E-state index < -0.39 is 0 Å². The molecule has 0 aromatic carbocycles. The Hall–Kier alpha value is -0.0800. The minimum atomic E-state index is 0.742. The van der Waals surface area contributed by atoms with Crippen molar-refractivity contribution in [1.82, 2.24) is 10.2 Å². The van der Waals surface area contributed by atoms with Crippen LogP contribution in [0.4, 0.5) is 0 Å². The molecule has 2 unspecified atom stereocenters. The third kappa shape index (κ3) is 3.96. The second kappa shape index (κ2) is 6.75. The zero-order valence-corrected chi connectivity index (χ0v) is 11.8. The van der Waals surface area contributed by atoms with Gasteiger partial charge in [-0.15, -0.1) is 0 Å². The Labute approximate surface area is 107 Å². The molecule has 0 aromatic heterocycles. The van der Waals surface area contributed by atoms with Crippen LogP contribution < -0.4 is 5.32 Å². The first-order valence-electron chi connectivity index (χ1n) is 7.69. The summed E-state index contributed by atoms with van der Waals surface area (Å²) in [6, 6.07) is 0.742. The van der Waals surface area contributed by atoms with Gasteiger partial charge in [-0.1, -0.05) is 19.8 Å². The van der Waals surface area contributed by atoms with Crippen LogP contribution in [0.2, 0.25) is 0 Å². The molecule has 1 saturated heterocycles. The Morgan fingerprint density at radius 2 is 1.82 bits per heavy atom. The third-order valence-electron chi connectivity index (χ3n) is 4.90. The standard InChI is InChI=1S/C15H30N2/c1-13-6-5-10-17(11-9-13)12-15(16-2)14-7-3-4-8-14/h13-16H,3-12H2,1-2H3. The van der Waals surface area contributed by atoms with Crippen LogP contribution in [0.5, 0.6) is 0 Å². The first kappa shape index (κ1) is 13.4. The predicted octanol–water partition coefficient (Wildman–Crippen LogP) is 2.89. The summed E-state index contributed by atoms with van der Waals surface area (Å²) in [6.45, 7) is 6.35.